The minimum atomic E-state index is -0.243. The molecule has 44 heavy (non-hydrogen) atoms. The van der Waals surface area contributed by atoms with E-state index in [4.69, 9.17) is 9.72 Å². The van der Waals surface area contributed by atoms with Crippen molar-refractivity contribution in [2.24, 2.45) is 0 Å². The van der Waals surface area contributed by atoms with Crippen molar-refractivity contribution >= 4 is 28.4 Å². The van der Waals surface area contributed by atoms with E-state index in [-0.39, 0.29) is 11.8 Å². The molecule has 7 heteroatoms. The number of hydrogen-bond donors (Lipinski definition) is 1. The Morgan fingerprint density at radius 1 is 1.00 bits per heavy atom. The third kappa shape index (κ3) is 7.98. The van der Waals surface area contributed by atoms with Crippen LogP contribution in [-0.4, -0.2) is 40.3 Å². The van der Waals surface area contributed by atoms with Crippen LogP contribution in [0.5, 0.6) is 0 Å². The molecule has 0 fully saturated rings. The summed E-state index contributed by atoms with van der Waals surface area (Å²) in [5, 5.41) is 3.81. The highest BCUT2D eigenvalue weighted by Crippen LogP contribution is 2.28. The molecule has 4 rings (SSSR count). The summed E-state index contributed by atoms with van der Waals surface area (Å²) in [4.78, 5) is 37.5. The summed E-state index contributed by atoms with van der Waals surface area (Å²) >= 11 is 0. The van der Waals surface area contributed by atoms with Crippen LogP contribution in [0.3, 0.4) is 0 Å². The molecule has 4 aromatic rings. The van der Waals surface area contributed by atoms with E-state index in [1.165, 1.54) is 5.57 Å². The lowest BCUT2D eigenvalue weighted by atomic mass is 9.99. The lowest BCUT2D eigenvalue weighted by molar-refractivity contribution is 0.0792. The van der Waals surface area contributed by atoms with E-state index < -0.39 is 0 Å². The van der Waals surface area contributed by atoms with Gasteiger partial charge in [-0.05, 0) is 120 Å². The fourth-order valence-electron chi connectivity index (χ4n) is 5.04. The Labute approximate surface area is 260 Å². The van der Waals surface area contributed by atoms with Gasteiger partial charge in [0.15, 0.2) is 0 Å². The monoisotopic (exact) mass is 590 g/mol. The number of nitrogens with zero attached hydrogens (tertiary/aromatic N) is 3. The molecule has 2 aromatic carbocycles. The fourth-order valence-corrected chi connectivity index (χ4v) is 5.04. The first kappa shape index (κ1) is 32.1. The summed E-state index contributed by atoms with van der Waals surface area (Å²) in [6, 6.07) is 16.7. The third-order valence-corrected chi connectivity index (χ3v) is 7.58. The molecule has 2 heterocycles. The van der Waals surface area contributed by atoms with Crippen molar-refractivity contribution in [1.82, 2.24) is 14.9 Å². The van der Waals surface area contributed by atoms with Crippen molar-refractivity contribution in [3.05, 3.63) is 112 Å². The first-order chi connectivity index (χ1) is 21.1. The van der Waals surface area contributed by atoms with Gasteiger partial charge >= 0.3 is 0 Å². The zero-order chi connectivity index (χ0) is 31.8. The van der Waals surface area contributed by atoms with Crippen molar-refractivity contribution in [2.45, 2.75) is 60.8 Å². The highest BCUT2D eigenvalue weighted by molar-refractivity contribution is 6.13. The summed E-state index contributed by atoms with van der Waals surface area (Å²) in [7, 11) is 1.82. The van der Waals surface area contributed by atoms with Crippen molar-refractivity contribution in [3.63, 3.8) is 0 Å². The average molecular weight is 591 g/mol. The Bertz CT molecular complexity index is 1700. The van der Waals surface area contributed by atoms with Crippen LogP contribution < -0.4 is 5.32 Å². The highest BCUT2D eigenvalue weighted by Gasteiger charge is 2.17. The summed E-state index contributed by atoms with van der Waals surface area (Å²) in [6.07, 6.45) is 8.03. The molecule has 0 aliphatic carbocycles. The van der Waals surface area contributed by atoms with E-state index in [0.717, 1.165) is 58.4 Å². The Balaban J connectivity index is 1.43. The molecule has 0 saturated heterocycles. The standard InChI is InChI=1S/C37H42N4O3/c1-8-27(6)44-34(24(2)3)13-9-10-19-41(7)37(43)28-14-16-30(17-15-28)39-36(42)32-22-33(29-12-11-18-38-23-29)40-35-26(5)20-25(4)21-31(32)35/h8,11-12,14-18,20-23H,9-10,13,19H2,1-7H3,(H,39,42)/b27-8-. The maximum absolute atomic E-state index is 13.6. The number of benzene rings is 2. The van der Waals surface area contributed by atoms with Crippen molar-refractivity contribution in [1.29, 1.82) is 0 Å². The fraction of sp³-hybridized carbons (Fsp3) is 0.297. The quantitative estimate of drug-likeness (QED) is 0.140. The van der Waals surface area contributed by atoms with Crippen LogP contribution in [0.1, 0.15) is 78.8 Å². The van der Waals surface area contributed by atoms with Crippen LogP contribution in [-0.2, 0) is 4.74 Å². The molecule has 0 spiro atoms. The first-order valence-corrected chi connectivity index (χ1v) is 15.0. The second-order valence-electron chi connectivity index (χ2n) is 11.4. The lowest BCUT2D eigenvalue weighted by Gasteiger charge is -2.18. The number of carbonyl (C=O) groups is 2. The van der Waals surface area contributed by atoms with Crippen LogP contribution in [0.2, 0.25) is 0 Å². The lowest BCUT2D eigenvalue weighted by Crippen LogP contribution is -2.27. The SMILES string of the molecule is C/C=C(/C)OC(CCCCN(C)C(=O)c1ccc(NC(=O)c2cc(-c3cccnc3)nc3c(C)cc(C)cc23)cc1)=C(C)C. The topological polar surface area (TPSA) is 84.4 Å². The summed E-state index contributed by atoms with van der Waals surface area (Å²) < 4.78 is 5.93. The van der Waals surface area contributed by atoms with Crippen LogP contribution in [0, 0.1) is 13.8 Å². The normalized spacial score (nSPS) is 11.3. The summed E-state index contributed by atoms with van der Waals surface area (Å²) in [5.41, 5.74) is 7.24. The second kappa shape index (κ2) is 14.6. The third-order valence-electron chi connectivity index (χ3n) is 7.58. The number of nitrogens with one attached hydrogen (secondary N) is 1. The average Bonchev–Trinajstić information content (AvgIpc) is 3.02. The van der Waals surface area contributed by atoms with E-state index in [2.05, 4.69) is 30.2 Å². The number of allylic oxidation sites excluding steroid dienone is 4. The number of anilines is 1. The van der Waals surface area contributed by atoms with Crippen LogP contribution >= 0.6 is 0 Å². The van der Waals surface area contributed by atoms with Crippen molar-refractivity contribution in [2.75, 3.05) is 18.9 Å². The van der Waals surface area contributed by atoms with E-state index >= 15 is 0 Å². The first-order valence-electron chi connectivity index (χ1n) is 15.0. The van der Waals surface area contributed by atoms with Gasteiger partial charge in [-0.25, -0.2) is 4.98 Å². The molecule has 0 saturated carbocycles. The molecule has 2 amide bonds. The number of amides is 2. The number of fused-ring (bicyclic) bond motifs is 1. The van der Waals surface area contributed by atoms with Crippen LogP contribution in [0.15, 0.2) is 90.2 Å². The molecule has 0 aliphatic rings. The zero-order valence-electron chi connectivity index (χ0n) is 26.8. The molecule has 1 N–H and O–H groups in total. The van der Waals surface area contributed by atoms with Crippen molar-refractivity contribution in [3.8, 4) is 11.3 Å². The number of carbonyl (C=O) groups excluding carboxylic acids is 2. The molecule has 7 nitrogen and oxygen atoms in total. The van der Waals surface area contributed by atoms with E-state index in [1.807, 2.05) is 65.1 Å². The van der Waals surface area contributed by atoms with Gasteiger partial charge in [-0.15, -0.1) is 0 Å². The second-order valence-corrected chi connectivity index (χ2v) is 11.4. The molecular formula is C37H42N4O3. The predicted molar refractivity (Wildman–Crippen MR) is 179 cm³/mol. The van der Waals surface area contributed by atoms with Gasteiger partial charge < -0.3 is 15.0 Å². The van der Waals surface area contributed by atoms with Crippen LogP contribution in [0.4, 0.5) is 5.69 Å². The minimum absolute atomic E-state index is 0.0569. The van der Waals surface area contributed by atoms with Gasteiger partial charge in [-0.2, -0.15) is 0 Å². The van der Waals surface area contributed by atoms with Gasteiger partial charge in [0.05, 0.1) is 22.5 Å². The zero-order valence-corrected chi connectivity index (χ0v) is 26.8. The number of rotatable bonds is 11. The maximum Gasteiger partial charge on any atom is 0.256 e. The molecule has 228 valence electrons. The summed E-state index contributed by atoms with van der Waals surface area (Å²) in [6.45, 7) is 12.7. The largest absolute Gasteiger partial charge is 0.467 e. The van der Waals surface area contributed by atoms with Gasteiger partial charge in [-0.3, -0.25) is 14.6 Å². The maximum atomic E-state index is 13.6. The molecule has 0 atom stereocenters. The van der Waals surface area contributed by atoms with Gasteiger partial charge in [0.2, 0.25) is 0 Å². The summed E-state index contributed by atoms with van der Waals surface area (Å²) in [5.74, 6) is 1.58. The molecule has 0 radical (unpaired) electrons. The molecule has 2 aromatic heterocycles. The van der Waals surface area contributed by atoms with Gasteiger partial charge in [0.25, 0.3) is 11.8 Å². The van der Waals surface area contributed by atoms with E-state index in [0.29, 0.717) is 29.1 Å². The number of unbranched alkanes of at least 4 members (excludes halogenated alkanes) is 1. The minimum Gasteiger partial charge on any atom is -0.467 e. The van der Waals surface area contributed by atoms with Gasteiger partial charge in [0.1, 0.15) is 5.76 Å². The number of aryl methyl sites for hydroxylation is 2. The Morgan fingerprint density at radius 3 is 2.41 bits per heavy atom. The molecule has 0 unspecified atom stereocenters. The van der Waals surface area contributed by atoms with E-state index in [1.54, 1.807) is 41.6 Å². The van der Waals surface area contributed by atoms with Gasteiger partial charge in [-0.1, -0.05) is 11.6 Å². The Hall–Kier alpha value is -4.78. The number of pyridine rings is 2. The smallest absolute Gasteiger partial charge is 0.256 e. The van der Waals surface area contributed by atoms with Crippen LogP contribution in [0.25, 0.3) is 22.2 Å². The molecular weight excluding hydrogens is 548 g/mol. The predicted octanol–water partition coefficient (Wildman–Crippen LogP) is 8.64. The number of ether oxygens (including phenoxy) is 1. The Morgan fingerprint density at radius 2 is 1.75 bits per heavy atom. The number of hydrogen-bond acceptors (Lipinski definition) is 5. The van der Waals surface area contributed by atoms with E-state index in [9.17, 15) is 9.59 Å². The van der Waals surface area contributed by atoms with Crippen molar-refractivity contribution < 1.29 is 14.3 Å². The highest BCUT2D eigenvalue weighted by atomic mass is 16.5. The molecule has 0 aliphatic heterocycles. The molecule has 0 bridgehead atoms. The van der Waals surface area contributed by atoms with Gasteiger partial charge in [0, 0.05) is 54.6 Å². The Kier molecular flexibility index (Phi) is 10.7. The number of aromatic nitrogens is 2.